The van der Waals surface area contributed by atoms with Gasteiger partial charge in [-0.05, 0) is 38.1 Å². The first-order valence-corrected chi connectivity index (χ1v) is 8.69. The zero-order chi connectivity index (χ0) is 17.8. The quantitative estimate of drug-likeness (QED) is 0.490. The van der Waals surface area contributed by atoms with Crippen molar-refractivity contribution in [3.8, 4) is 5.75 Å². The van der Waals surface area contributed by atoms with Crippen molar-refractivity contribution in [3.63, 3.8) is 0 Å². The highest BCUT2D eigenvalue weighted by Crippen LogP contribution is 2.24. The minimum atomic E-state index is -0.326. The van der Waals surface area contributed by atoms with Gasteiger partial charge in [-0.2, -0.15) is 5.10 Å². The molecule has 2 aromatic carbocycles. The summed E-state index contributed by atoms with van der Waals surface area (Å²) in [6, 6.07) is 13.2. The van der Waals surface area contributed by atoms with Crippen LogP contribution < -0.4 is 10.2 Å². The van der Waals surface area contributed by atoms with E-state index in [4.69, 9.17) is 4.74 Å². The Balaban J connectivity index is 1.77. The van der Waals surface area contributed by atoms with Crippen molar-refractivity contribution >= 4 is 39.0 Å². The zero-order valence-electron chi connectivity index (χ0n) is 13.9. The third-order valence-electron chi connectivity index (χ3n) is 3.54. The molecular weight excluding hydrogens is 382 g/mol. The lowest BCUT2D eigenvalue weighted by molar-refractivity contribution is 0.0949. The second-order valence-corrected chi connectivity index (χ2v) is 6.71. The molecule has 3 aromatic rings. The Morgan fingerprint density at radius 2 is 2.08 bits per heavy atom. The number of hydrazone groups is 1. The fourth-order valence-corrected chi connectivity index (χ4v) is 2.82. The number of carbonyl (C=O) groups excluding carboxylic acids is 1. The van der Waals surface area contributed by atoms with Gasteiger partial charge in [0.15, 0.2) is 0 Å². The summed E-state index contributed by atoms with van der Waals surface area (Å²) < 4.78 is 6.49. The van der Waals surface area contributed by atoms with Crippen LogP contribution in [-0.2, 0) is 0 Å². The summed E-state index contributed by atoms with van der Waals surface area (Å²) >= 11 is 3.38. The van der Waals surface area contributed by atoms with E-state index >= 15 is 0 Å². The van der Waals surface area contributed by atoms with Crippen molar-refractivity contribution in [1.82, 2.24) is 10.4 Å². The van der Waals surface area contributed by atoms with Gasteiger partial charge in [-0.15, -0.1) is 0 Å². The number of ether oxygens (including phenoxy) is 1. The van der Waals surface area contributed by atoms with E-state index in [0.717, 1.165) is 20.9 Å². The van der Waals surface area contributed by atoms with Crippen LogP contribution in [0.3, 0.4) is 0 Å². The normalized spacial score (nSPS) is 11.4. The first-order chi connectivity index (χ1) is 12.0. The van der Waals surface area contributed by atoms with Crippen LogP contribution in [0.2, 0.25) is 0 Å². The van der Waals surface area contributed by atoms with Gasteiger partial charge in [0.2, 0.25) is 0 Å². The van der Waals surface area contributed by atoms with Crippen LogP contribution in [0.4, 0.5) is 0 Å². The first-order valence-electron chi connectivity index (χ1n) is 7.90. The van der Waals surface area contributed by atoms with Gasteiger partial charge in [0.25, 0.3) is 5.91 Å². The molecule has 3 rings (SSSR count). The SMILES string of the molecule is CC(C)Oc1ccc(Br)cc1C(=O)N/N=C\c1c[nH]c2ccccc12. The van der Waals surface area contributed by atoms with Gasteiger partial charge in [0, 0.05) is 27.1 Å². The van der Waals surface area contributed by atoms with Crippen LogP contribution in [0.5, 0.6) is 5.75 Å². The molecule has 0 saturated heterocycles. The zero-order valence-corrected chi connectivity index (χ0v) is 15.5. The molecule has 128 valence electrons. The predicted molar refractivity (Wildman–Crippen MR) is 103 cm³/mol. The second kappa shape index (κ2) is 7.53. The van der Waals surface area contributed by atoms with E-state index < -0.39 is 0 Å². The molecule has 0 aliphatic heterocycles. The molecule has 0 unspecified atom stereocenters. The number of rotatable bonds is 5. The fraction of sp³-hybridized carbons (Fsp3) is 0.158. The van der Waals surface area contributed by atoms with Gasteiger partial charge in [0.05, 0.1) is 17.9 Å². The van der Waals surface area contributed by atoms with Crippen molar-refractivity contribution in [3.05, 3.63) is 64.3 Å². The maximum atomic E-state index is 12.5. The number of nitrogens with one attached hydrogen (secondary N) is 2. The highest BCUT2D eigenvalue weighted by molar-refractivity contribution is 9.10. The van der Waals surface area contributed by atoms with Gasteiger partial charge in [-0.3, -0.25) is 4.79 Å². The molecule has 0 aliphatic carbocycles. The standard InChI is InChI=1S/C19H18BrN3O2/c1-12(2)25-18-8-7-14(20)9-16(18)19(24)23-22-11-13-10-21-17-6-4-3-5-15(13)17/h3-12,21H,1-2H3,(H,23,24)/b22-11-. The minimum absolute atomic E-state index is 0.0255. The third-order valence-corrected chi connectivity index (χ3v) is 4.03. The molecule has 1 heterocycles. The predicted octanol–water partition coefficient (Wildman–Crippen LogP) is 4.48. The Labute approximate surface area is 154 Å². The first kappa shape index (κ1) is 17.2. The average Bonchev–Trinajstić information content (AvgIpc) is 2.99. The number of benzene rings is 2. The van der Waals surface area contributed by atoms with Crippen molar-refractivity contribution in [2.24, 2.45) is 5.10 Å². The monoisotopic (exact) mass is 399 g/mol. The summed E-state index contributed by atoms with van der Waals surface area (Å²) in [6.07, 6.45) is 3.45. The molecule has 25 heavy (non-hydrogen) atoms. The van der Waals surface area contributed by atoms with E-state index in [-0.39, 0.29) is 12.0 Å². The smallest absolute Gasteiger partial charge is 0.275 e. The Morgan fingerprint density at radius 3 is 2.88 bits per heavy atom. The molecule has 1 aromatic heterocycles. The third kappa shape index (κ3) is 4.09. The number of amides is 1. The van der Waals surface area contributed by atoms with E-state index in [1.807, 2.05) is 50.4 Å². The van der Waals surface area contributed by atoms with Crippen LogP contribution in [0.1, 0.15) is 29.8 Å². The number of nitrogens with zero attached hydrogens (tertiary/aromatic N) is 1. The number of aromatic nitrogens is 1. The van der Waals surface area contributed by atoms with Crippen LogP contribution in [0.25, 0.3) is 10.9 Å². The summed E-state index contributed by atoms with van der Waals surface area (Å²) in [4.78, 5) is 15.6. The van der Waals surface area contributed by atoms with Gasteiger partial charge >= 0.3 is 0 Å². The lowest BCUT2D eigenvalue weighted by Crippen LogP contribution is -2.20. The topological polar surface area (TPSA) is 66.5 Å². The molecule has 0 atom stereocenters. The van der Waals surface area contributed by atoms with Crippen LogP contribution in [-0.4, -0.2) is 23.2 Å². The molecule has 2 N–H and O–H groups in total. The number of hydrogen-bond donors (Lipinski definition) is 2. The van der Waals surface area contributed by atoms with Crippen LogP contribution in [0.15, 0.2) is 58.2 Å². The van der Waals surface area contributed by atoms with Crippen molar-refractivity contribution in [2.45, 2.75) is 20.0 Å². The maximum Gasteiger partial charge on any atom is 0.275 e. The lowest BCUT2D eigenvalue weighted by Gasteiger charge is -2.13. The summed E-state index contributed by atoms with van der Waals surface area (Å²) in [5.74, 6) is 0.200. The summed E-state index contributed by atoms with van der Waals surface area (Å²) in [7, 11) is 0. The van der Waals surface area contributed by atoms with Gasteiger partial charge in [-0.25, -0.2) is 5.43 Å². The lowest BCUT2D eigenvalue weighted by atomic mass is 10.2. The molecule has 0 bridgehead atoms. The largest absolute Gasteiger partial charge is 0.490 e. The fourth-order valence-electron chi connectivity index (χ4n) is 2.46. The summed E-state index contributed by atoms with van der Waals surface area (Å²) in [6.45, 7) is 3.83. The highest BCUT2D eigenvalue weighted by atomic mass is 79.9. The Kier molecular flexibility index (Phi) is 5.19. The molecule has 5 nitrogen and oxygen atoms in total. The van der Waals surface area contributed by atoms with E-state index in [2.05, 4.69) is 31.4 Å². The van der Waals surface area contributed by atoms with E-state index in [1.165, 1.54) is 0 Å². The number of aromatic amines is 1. The molecule has 1 amide bonds. The van der Waals surface area contributed by atoms with Gasteiger partial charge in [0.1, 0.15) is 5.75 Å². The molecule has 0 fully saturated rings. The number of carbonyl (C=O) groups is 1. The number of H-pyrrole nitrogens is 1. The summed E-state index contributed by atoms with van der Waals surface area (Å²) in [5.41, 5.74) is 4.92. The van der Waals surface area contributed by atoms with E-state index in [1.54, 1.807) is 18.3 Å². The molecule has 0 spiro atoms. The second-order valence-electron chi connectivity index (χ2n) is 5.80. The Morgan fingerprint density at radius 1 is 1.28 bits per heavy atom. The number of para-hydroxylation sites is 1. The van der Waals surface area contributed by atoms with Crippen molar-refractivity contribution in [2.75, 3.05) is 0 Å². The van der Waals surface area contributed by atoms with E-state index in [0.29, 0.717) is 11.3 Å². The molecule has 0 radical (unpaired) electrons. The molecule has 0 aliphatic rings. The van der Waals surface area contributed by atoms with Crippen LogP contribution >= 0.6 is 15.9 Å². The average molecular weight is 400 g/mol. The molecule has 6 heteroatoms. The van der Waals surface area contributed by atoms with Crippen molar-refractivity contribution < 1.29 is 9.53 Å². The number of halogens is 1. The molecular formula is C19H18BrN3O2. The number of hydrogen-bond acceptors (Lipinski definition) is 3. The Bertz CT molecular complexity index is 931. The maximum absolute atomic E-state index is 12.5. The van der Waals surface area contributed by atoms with E-state index in [9.17, 15) is 4.79 Å². The van der Waals surface area contributed by atoms with Crippen LogP contribution in [0, 0.1) is 0 Å². The Hall–Kier alpha value is -2.60. The summed E-state index contributed by atoms with van der Waals surface area (Å²) in [5, 5.41) is 5.12. The van der Waals surface area contributed by atoms with Gasteiger partial charge < -0.3 is 9.72 Å². The minimum Gasteiger partial charge on any atom is -0.490 e. The van der Waals surface area contributed by atoms with Crippen molar-refractivity contribution in [1.29, 1.82) is 0 Å². The van der Waals surface area contributed by atoms with Gasteiger partial charge in [-0.1, -0.05) is 34.1 Å². The highest BCUT2D eigenvalue weighted by Gasteiger charge is 2.14. The number of fused-ring (bicyclic) bond motifs is 1. The molecule has 0 saturated carbocycles.